The Labute approximate surface area is 133 Å². The predicted octanol–water partition coefficient (Wildman–Crippen LogP) is 1.50. The summed E-state index contributed by atoms with van der Waals surface area (Å²) in [4.78, 5) is 2.23. The Morgan fingerprint density at radius 1 is 0.900 bits per heavy atom. The number of aliphatic hydroxyl groups excluding tert-OH is 1. The van der Waals surface area contributed by atoms with Crippen LogP contribution in [0.3, 0.4) is 0 Å². The van der Waals surface area contributed by atoms with Crippen LogP contribution in [-0.4, -0.2) is 41.6 Å². The van der Waals surface area contributed by atoms with E-state index in [-0.39, 0.29) is 21.6 Å². The molecule has 2 rings (SSSR count). The maximum absolute atomic E-state index is 9.52. The van der Waals surface area contributed by atoms with Crippen LogP contribution < -0.4 is 8.92 Å². The van der Waals surface area contributed by atoms with E-state index in [9.17, 15) is 5.11 Å². The van der Waals surface area contributed by atoms with Gasteiger partial charge in [0.15, 0.2) is 0 Å². The van der Waals surface area contributed by atoms with Crippen molar-refractivity contribution in [3.63, 3.8) is 0 Å². The number of hydrogen-bond acceptors (Lipinski definition) is 1. The first-order valence-electron chi connectivity index (χ1n) is 6.45. The zero-order valence-corrected chi connectivity index (χ0v) is 15.1. The molecule has 0 saturated heterocycles. The second-order valence-corrected chi connectivity index (χ2v) is 9.08. The molecule has 0 aromatic heterocycles. The van der Waals surface area contributed by atoms with E-state index in [4.69, 9.17) is 0 Å². The monoisotopic (exact) mass is 398 g/mol. The third kappa shape index (κ3) is 4.94. The van der Waals surface area contributed by atoms with Crippen molar-refractivity contribution in [2.75, 3.05) is 6.61 Å². The summed E-state index contributed by atoms with van der Waals surface area (Å²) >= 11 is 0.535. The first-order valence-corrected chi connectivity index (χ1v) is 10.0. The van der Waals surface area contributed by atoms with Crippen molar-refractivity contribution in [1.82, 2.24) is 0 Å². The molecule has 0 radical (unpaired) electrons. The van der Waals surface area contributed by atoms with Gasteiger partial charge in [0, 0.05) is 0 Å². The predicted molar refractivity (Wildman–Crippen MR) is 88.3 cm³/mol. The fourth-order valence-electron chi connectivity index (χ4n) is 1.60. The SMILES string of the molecule is Cc1ccc([Se]/C=C(\CO)[Se]c2ccc(C)cc2)cc1. The molecule has 1 N–H and O–H groups in total. The number of benzene rings is 2. The van der Waals surface area contributed by atoms with Gasteiger partial charge in [-0.3, -0.25) is 0 Å². The molecular formula is C17H18OSe2. The summed E-state index contributed by atoms with van der Waals surface area (Å²) in [6.07, 6.45) is 0. The summed E-state index contributed by atoms with van der Waals surface area (Å²) < 4.78 is 3.85. The fourth-order valence-corrected chi connectivity index (χ4v) is 5.43. The van der Waals surface area contributed by atoms with Crippen molar-refractivity contribution < 1.29 is 5.11 Å². The van der Waals surface area contributed by atoms with Gasteiger partial charge in [0.1, 0.15) is 0 Å². The van der Waals surface area contributed by atoms with Crippen LogP contribution in [0.25, 0.3) is 0 Å². The second-order valence-electron chi connectivity index (χ2n) is 4.59. The van der Waals surface area contributed by atoms with Crippen LogP contribution in [0, 0.1) is 13.8 Å². The quantitative estimate of drug-likeness (QED) is 0.760. The molecule has 0 spiro atoms. The van der Waals surface area contributed by atoms with E-state index in [1.807, 2.05) is 0 Å². The Morgan fingerprint density at radius 3 is 1.90 bits per heavy atom. The second kappa shape index (κ2) is 7.83. The molecule has 0 aliphatic rings. The first-order chi connectivity index (χ1) is 9.67. The Kier molecular flexibility index (Phi) is 6.09. The average molecular weight is 396 g/mol. The van der Waals surface area contributed by atoms with E-state index in [1.54, 1.807) is 0 Å². The average Bonchev–Trinajstić information content (AvgIpc) is 2.47. The third-order valence-electron chi connectivity index (χ3n) is 2.77. The summed E-state index contributed by atoms with van der Waals surface area (Å²) in [5.74, 6) is 0. The molecule has 104 valence electrons. The third-order valence-corrected chi connectivity index (χ3v) is 7.65. The van der Waals surface area contributed by atoms with Crippen LogP contribution in [0.2, 0.25) is 0 Å². The molecular weight excluding hydrogens is 378 g/mol. The zero-order valence-electron chi connectivity index (χ0n) is 11.7. The van der Waals surface area contributed by atoms with E-state index in [0.717, 1.165) is 0 Å². The van der Waals surface area contributed by atoms with Crippen LogP contribution in [0.4, 0.5) is 0 Å². The topological polar surface area (TPSA) is 20.2 Å². The van der Waals surface area contributed by atoms with Crippen LogP contribution >= 0.6 is 0 Å². The Balaban J connectivity index is 2.02. The van der Waals surface area contributed by atoms with Crippen molar-refractivity contribution in [2.24, 2.45) is 0 Å². The van der Waals surface area contributed by atoms with E-state index >= 15 is 0 Å². The summed E-state index contributed by atoms with van der Waals surface area (Å²) in [7, 11) is 0. The minimum atomic E-state index is 0.168. The van der Waals surface area contributed by atoms with Gasteiger partial charge >= 0.3 is 134 Å². The number of aliphatic hydroxyl groups is 1. The van der Waals surface area contributed by atoms with E-state index < -0.39 is 0 Å². The van der Waals surface area contributed by atoms with Crippen molar-refractivity contribution >= 4 is 38.8 Å². The molecule has 0 heterocycles. The Morgan fingerprint density at radius 2 is 1.40 bits per heavy atom. The minimum absolute atomic E-state index is 0.168. The summed E-state index contributed by atoms with van der Waals surface area (Å²) in [6, 6.07) is 17.3. The summed E-state index contributed by atoms with van der Waals surface area (Å²) in [5.41, 5.74) is 2.57. The molecule has 0 saturated carbocycles. The Hall–Kier alpha value is -0.821. The van der Waals surface area contributed by atoms with Crippen LogP contribution in [-0.2, 0) is 0 Å². The van der Waals surface area contributed by atoms with Gasteiger partial charge in [0.25, 0.3) is 0 Å². The van der Waals surface area contributed by atoms with Gasteiger partial charge in [-0.25, -0.2) is 0 Å². The molecule has 0 amide bonds. The summed E-state index contributed by atoms with van der Waals surface area (Å²) in [6.45, 7) is 4.37. The van der Waals surface area contributed by atoms with Crippen LogP contribution in [0.1, 0.15) is 11.1 Å². The van der Waals surface area contributed by atoms with Gasteiger partial charge in [-0.1, -0.05) is 0 Å². The molecule has 0 atom stereocenters. The molecule has 2 aromatic carbocycles. The van der Waals surface area contributed by atoms with Gasteiger partial charge < -0.3 is 0 Å². The van der Waals surface area contributed by atoms with Crippen molar-refractivity contribution in [3.8, 4) is 0 Å². The normalized spacial score (nSPS) is 11.7. The van der Waals surface area contributed by atoms with E-state index in [2.05, 4.69) is 67.4 Å². The number of rotatable bonds is 5. The summed E-state index contributed by atoms with van der Waals surface area (Å²) in [5, 5.41) is 9.52. The maximum atomic E-state index is 9.52. The molecule has 2 aromatic rings. The molecule has 0 unspecified atom stereocenters. The van der Waals surface area contributed by atoms with Gasteiger partial charge in [-0.05, 0) is 0 Å². The zero-order chi connectivity index (χ0) is 14.4. The number of aryl methyl sites for hydroxylation is 2. The molecule has 1 nitrogen and oxygen atoms in total. The van der Waals surface area contributed by atoms with Crippen LogP contribution in [0.5, 0.6) is 0 Å². The molecule has 0 aliphatic carbocycles. The molecule has 0 fully saturated rings. The fraction of sp³-hybridized carbons (Fsp3) is 0.176. The van der Waals surface area contributed by atoms with Gasteiger partial charge in [0.2, 0.25) is 0 Å². The molecule has 0 bridgehead atoms. The van der Waals surface area contributed by atoms with Crippen molar-refractivity contribution in [2.45, 2.75) is 13.8 Å². The standard InChI is InChI=1S/C17H18OSe2/c1-13-3-7-15(8-4-13)19-12-17(11-18)20-16-9-5-14(2)6-10-16/h3-10,12,18H,11H2,1-2H3/b17-12+. The van der Waals surface area contributed by atoms with E-state index in [0.29, 0.717) is 15.0 Å². The first kappa shape index (κ1) is 15.6. The molecule has 20 heavy (non-hydrogen) atoms. The van der Waals surface area contributed by atoms with Gasteiger partial charge in [-0.2, -0.15) is 0 Å². The Bertz CT molecular complexity index is 571. The van der Waals surface area contributed by atoms with Gasteiger partial charge in [-0.15, -0.1) is 0 Å². The molecule has 3 heteroatoms. The number of hydrogen-bond donors (Lipinski definition) is 1. The van der Waals surface area contributed by atoms with Crippen LogP contribution in [0.15, 0.2) is 58.0 Å². The molecule has 0 aliphatic heterocycles. The van der Waals surface area contributed by atoms with E-state index in [1.165, 1.54) is 24.5 Å². The van der Waals surface area contributed by atoms with Crippen molar-refractivity contribution in [3.05, 3.63) is 69.1 Å². The van der Waals surface area contributed by atoms with Crippen molar-refractivity contribution in [1.29, 1.82) is 0 Å². The van der Waals surface area contributed by atoms with Gasteiger partial charge in [0.05, 0.1) is 0 Å².